The van der Waals surface area contributed by atoms with Gasteiger partial charge in [0.2, 0.25) is 5.91 Å². The van der Waals surface area contributed by atoms with E-state index in [2.05, 4.69) is 10.1 Å². The Balaban J connectivity index is 1.95. The molecule has 0 saturated heterocycles. The number of benzene rings is 2. The third-order valence-electron chi connectivity index (χ3n) is 4.07. The quantitative estimate of drug-likeness (QED) is 0.696. The van der Waals surface area contributed by atoms with E-state index in [9.17, 15) is 18.4 Å². The molecule has 1 atom stereocenters. The van der Waals surface area contributed by atoms with Crippen LogP contribution in [-0.2, 0) is 16.0 Å². The van der Waals surface area contributed by atoms with E-state index in [1.54, 1.807) is 24.3 Å². The first-order chi connectivity index (χ1) is 12.8. The average molecular weight is 377 g/mol. The van der Waals surface area contributed by atoms with Crippen LogP contribution in [-0.4, -0.2) is 23.6 Å². The van der Waals surface area contributed by atoms with E-state index < -0.39 is 18.6 Å². The van der Waals surface area contributed by atoms with Gasteiger partial charge in [-0.05, 0) is 42.2 Å². The van der Waals surface area contributed by atoms with Crippen LogP contribution in [0.25, 0.3) is 0 Å². The Morgan fingerprint density at radius 2 is 1.78 bits per heavy atom. The van der Waals surface area contributed by atoms with Crippen LogP contribution in [0.5, 0.6) is 5.75 Å². The number of halogens is 2. The summed E-state index contributed by atoms with van der Waals surface area (Å²) in [4.78, 5) is 23.4. The third kappa shape index (κ3) is 6.69. The van der Waals surface area contributed by atoms with Crippen molar-refractivity contribution in [3.05, 3.63) is 65.2 Å². The van der Waals surface area contributed by atoms with Crippen molar-refractivity contribution in [3.8, 4) is 5.75 Å². The molecule has 0 fully saturated rings. The fourth-order valence-corrected chi connectivity index (χ4v) is 2.75. The second kappa shape index (κ2) is 9.66. The molecule has 2 rings (SSSR count). The highest BCUT2D eigenvalue weighted by molar-refractivity contribution is 5.78. The summed E-state index contributed by atoms with van der Waals surface area (Å²) in [5, 5.41) is 11.9. The van der Waals surface area contributed by atoms with Gasteiger partial charge in [0.25, 0.3) is 0 Å². The van der Waals surface area contributed by atoms with E-state index in [-0.39, 0.29) is 24.5 Å². The highest BCUT2D eigenvalue weighted by atomic mass is 19.3. The number of ether oxygens (including phenoxy) is 1. The lowest BCUT2D eigenvalue weighted by atomic mass is 9.98. The minimum atomic E-state index is -2.88. The molecule has 27 heavy (non-hydrogen) atoms. The van der Waals surface area contributed by atoms with Gasteiger partial charge in [0.05, 0.1) is 12.5 Å². The molecule has 1 amide bonds. The van der Waals surface area contributed by atoms with Crippen molar-refractivity contribution in [1.29, 1.82) is 0 Å². The Kier molecular flexibility index (Phi) is 7.28. The van der Waals surface area contributed by atoms with Crippen LogP contribution in [0, 0.1) is 6.92 Å². The standard InChI is InChI=1S/C20H21F2NO4/c1-13-4-2-3-5-16(13)17(12-19(25)26)23-18(24)11-8-14-6-9-15(10-7-14)27-20(21)22/h2-7,9-10,17,20H,8,11-12H2,1H3,(H,23,24)(H,25,26). The molecule has 5 nitrogen and oxygen atoms in total. The molecule has 1 unspecified atom stereocenters. The summed E-state index contributed by atoms with van der Waals surface area (Å²) in [6, 6.07) is 12.7. The number of amides is 1. The molecule has 0 aromatic heterocycles. The number of hydrogen-bond acceptors (Lipinski definition) is 3. The van der Waals surface area contributed by atoms with E-state index in [0.717, 1.165) is 16.7 Å². The maximum Gasteiger partial charge on any atom is 0.387 e. The molecule has 0 spiro atoms. The molecule has 0 aliphatic carbocycles. The van der Waals surface area contributed by atoms with Gasteiger partial charge < -0.3 is 15.2 Å². The summed E-state index contributed by atoms with van der Waals surface area (Å²) < 4.78 is 28.6. The van der Waals surface area contributed by atoms with Crippen molar-refractivity contribution < 1.29 is 28.2 Å². The fraction of sp³-hybridized carbons (Fsp3) is 0.300. The van der Waals surface area contributed by atoms with E-state index in [4.69, 9.17) is 5.11 Å². The summed E-state index contributed by atoms with van der Waals surface area (Å²) in [7, 11) is 0. The summed E-state index contributed by atoms with van der Waals surface area (Å²) >= 11 is 0. The summed E-state index contributed by atoms with van der Waals surface area (Å²) in [6.45, 7) is -1.02. The van der Waals surface area contributed by atoms with Gasteiger partial charge in [0.15, 0.2) is 0 Å². The molecule has 0 aliphatic rings. The molecule has 0 saturated carbocycles. The lowest BCUT2D eigenvalue weighted by molar-refractivity contribution is -0.137. The topological polar surface area (TPSA) is 75.6 Å². The zero-order valence-corrected chi connectivity index (χ0v) is 14.8. The average Bonchev–Trinajstić information content (AvgIpc) is 2.60. The van der Waals surface area contributed by atoms with Gasteiger partial charge in [0.1, 0.15) is 5.75 Å². The second-order valence-electron chi connectivity index (χ2n) is 6.10. The lowest BCUT2D eigenvalue weighted by Crippen LogP contribution is -2.30. The molecule has 2 aromatic rings. The molecular weight excluding hydrogens is 356 g/mol. The Morgan fingerprint density at radius 3 is 2.37 bits per heavy atom. The van der Waals surface area contributed by atoms with Crippen molar-refractivity contribution in [2.24, 2.45) is 0 Å². The minimum Gasteiger partial charge on any atom is -0.481 e. The fourth-order valence-electron chi connectivity index (χ4n) is 2.75. The summed E-state index contributed by atoms with van der Waals surface area (Å²) in [5.41, 5.74) is 2.46. The van der Waals surface area contributed by atoms with Crippen LogP contribution in [0.3, 0.4) is 0 Å². The molecule has 0 bridgehead atoms. The Labute approximate surface area is 156 Å². The van der Waals surface area contributed by atoms with Gasteiger partial charge >= 0.3 is 12.6 Å². The number of aliphatic carboxylic acids is 1. The van der Waals surface area contributed by atoms with E-state index in [1.165, 1.54) is 12.1 Å². The molecule has 0 heterocycles. The first kappa shape index (κ1) is 20.4. The van der Waals surface area contributed by atoms with Crippen LogP contribution in [0.15, 0.2) is 48.5 Å². The van der Waals surface area contributed by atoms with Gasteiger partial charge in [0, 0.05) is 6.42 Å². The molecule has 0 aliphatic heterocycles. The van der Waals surface area contributed by atoms with Crippen LogP contribution < -0.4 is 10.1 Å². The number of nitrogens with one attached hydrogen (secondary N) is 1. The van der Waals surface area contributed by atoms with Crippen molar-refractivity contribution in [3.63, 3.8) is 0 Å². The number of carboxylic acid groups (broad SMARTS) is 1. The largest absolute Gasteiger partial charge is 0.481 e. The summed E-state index contributed by atoms with van der Waals surface area (Å²) in [5.74, 6) is -1.23. The molecule has 0 radical (unpaired) electrons. The van der Waals surface area contributed by atoms with Gasteiger partial charge in [-0.25, -0.2) is 0 Å². The number of alkyl halides is 2. The molecule has 144 valence electrons. The van der Waals surface area contributed by atoms with Gasteiger partial charge in [-0.15, -0.1) is 0 Å². The first-order valence-electron chi connectivity index (χ1n) is 8.45. The molecule has 2 aromatic carbocycles. The predicted molar refractivity (Wildman–Crippen MR) is 95.7 cm³/mol. The van der Waals surface area contributed by atoms with Crippen molar-refractivity contribution in [1.82, 2.24) is 5.32 Å². The summed E-state index contributed by atoms with van der Waals surface area (Å²) in [6.07, 6.45) is 0.335. The third-order valence-corrected chi connectivity index (χ3v) is 4.07. The lowest BCUT2D eigenvalue weighted by Gasteiger charge is -2.19. The zero-order chi connectivity index (χ0) is 19.8. The van der Waals surface area contributed by atoms with Crippen molar-refractivity contribution >= 4 is 11.9 Å². The van der Waals surface area contributed by atoms with Gasteiger partial charge in [-0.1, -0.05) is 36.4 Å². The number of aryl methyl sites for hydroxylation is 2. The minimum absolute atomic E-state index is 0.0549. The van der Waals surface area contributed by atoms with Crippen molar-refractivity contribution in [2.45, 2.75) is 38.8 Å². The SMILES string of the molecule is Cc1ccccc1C(CC(=O)O)NC(=O)CCc1ccc(OC(F)F)cc1. The second-order valence-corrected chi connectivity index (χ2v) is 6.10. The Morgan fingerprint density at radius 1 is 1.11 bits per heavy atom. The molecular formula is C20H21F2NO4. The maximum absolute atomic E-state index is 12.3. The number of hydrogen-bond donors (Lipinski definition) is 2. The van der Waals surface area contributed by atoms with Crippen LogP contribution >= 0.6 is 0 Å². The van der Waals surface area contributed by atoms with E-state index >= 15 is 0 Å². The normalized spacial score (nSPS) is 11.9. The molecule has 7 heteroatoms. The highest BCUT2D eigenvalue weighted by Crippen LogP contribution is 2.21. The Bertz CT molecular complexity index is 778. The monoisotopic (exact) mass is 377 g/mol. The number of carbonyl (C=O) groups excluding carboxylic acids is 1. The first-order valence-corrected chi connectivity index (χ1v) is 8.45. The predicted octanol–water partition coefficient (Wildman–Crippen LogP) is 3.86. The van der Waals surface area contributed by atoms with Gasteiger partial charge in [-0.2, -0.15) is 8.78 Å². The van der Waals surface area contributed by atoms with Crippen molar-refractivity contribution in [2.75, 3.05) is 0 Å². The van der Waals surface area contributed by atoms with Gasteiger partial charge in [-0.3, -0.25) is 9.59 Å². The van der Waals surface area contributed by atoms with Crippen LogP contribution in [0.4, 0.5) is 8.78 Å². The zero-order valence-electron chi connectivity index (χ0n) is 14.8. The number of rotatable bonds is 9. The molecule has 2 N–H and O–H groups in total. The number of carboxylic acids is 1. The van der Waals surface area contributed by atoms with Crippen LogP contribution in [0.1, 0.15) is 35.6 Å². The van der Waals surface area contributed by atoms with E-state index in [1.807, 2.05) is 19.1 Å². The van der Waals surface area contributed by atoms with Crippen LogP contribution in [0.2, 0.25) is 0 Å². The Hall–Kier alpha value is -2.96. The highest BCUT2D eigenvalue weighted by Gasteiger charge is 2.19. The smallest absolute Gasteiger partial charge is 0.387 e. The maximum atomic E-state index is 12.3. The number of carbonyl (C=O) groups is 2. The van der Waals surface area contributed by atoms with E-state index in [0.29, 0.717) is 6.42 Å².